The van der Waals surface area contributed by atoms with Crippen LogP contribution in [0.2, 0.25) is 0 Å². The molecular weight excluding hydrogens is 262 g/mol. The van der Waals surface area contributed by atoms with E-state index < -0.39 is 29.9 Å². The number of hydrogen-bond donors (Lipinski definition) is 1. The Morgan fingerprint density at radius 3 is 2.67 bits per heavy atom. The summed E-state index contributed by atoms with van der Waals surface area (Å²) in [6.45, 7) is 2.56. The highest BCUT2D eigenvalue weighted by molar-refractivity contribution is 8.13. The molecule has 100 valence electrons. The fourth-order valence-electron chi connectivity index (χ4n) is 1.40. The molecule has 1 rings (SSSR count). The molecular formula is C10H13NO6S. The van der Waals surface area contributed by atoms with Gasteiger partial charge in [0.1, 0.15) is 6.61 Å². The Hall–Kier alpha value is -1.57. The van der Waals surface area contributed by atoms with E-state index in [1.165, 1.54) is 13.8 Å². The van der Waals surface area contributed by atoms with Gasteiger partial charge in [0, 0.05) is 18.6 Å². The number of thioether (sulfide) groups is 1. The Balaban J connectivity index is 2.71. The lowest BCUT2D eigenvalue weighted by Crippen LogP contribution is -2.46. The molecule has 0 aromatic carbocycles. The van der Waals surface area contributed by atoms with Crippen molar-refractivity contribution in [3.63, 3.8) is 0 Å². The zero-order chi connectivity index (χ0) is 13.9. The first-order valence-corrected chi connectivity index (χ1v) is 6.19. The van der Waals surface area contributed by atoms with Gasteiger partial charge in [0.05, 0.1) is 0 Å². The molecule has 0 unspecified atom stereocenters. The van der Waals surface area contributed by atoms with Crippen molar-refractivity contribution < 1.29 is 29.0 Å². The molecule has 2 atom stereocenters. The first kappa shape index (κ1) is 14.5. The van der Waals surface area contributed by atoms with Crippen molar-refractivity contribution in [3.8, 4) is 0 Å². The highest BCUT2D eigenvalue weighted by Crippen LogP contribution is 2.19. The van der Waals surface area contributed by atoms with Crippen LogP contribution in [-0.2, 0) is 19.1 Å². The number of carbonyl (C=O) groups is 4. The average molecular weight is 275 g/mol. The molecule has 7 nitrogen and oxygen atoms in total. The maximum absolute atomic E-state index is 11.9. The van der Waals surface area contributed by atoms with Gasteiger partial charge in [0.25, 0.3) is 0 Å². The number of carbonyl (C=O) groups excluding carboxylic acids is 3. The van der Waals surface area contributed by atoms with E-state index in [0.717, 1.165) is 11.8 Å². The molecule has 1 aliphatic heterocycles. The fraction of sp³-hybridized carbons (Fsp3) is 0.600. The zero-order valence-electron chi connectivity index (χ0n) is 9.91. The number of cyclic esters (lactones) is 1. The Morgan fingerprint density at radius 2 is 2.17 bits per heavy atom. The summed E-state index contributed by atoms with van der Waals surface area (Å²) < 4.78 is 4.55. The second kappa shape index (κ2) is 5.85. The maximum Gasteiger partial charge on any atom is 0.417 e. The Morgan fingerprint density at radius 1 is 1.56 bits per heavy atom. The first-order chi connectivity index (χ1) is 8.34. The summed E-state index contributed by atoms with van der Waals surface area (Å²) in [5.41, 5.74) is 0. The summed E-state index contributed by atoms with van der Waals surface area (Å²) in [7, 11) is 0. The van der Waals surface area contributed by atoms with E-state index in [4.69, 9.17) is 5.11 Å². The van der Waals surface area contributed by atoms with E-state index in [9.17, 15) is 19.2 Å². The number of amides is 2. The van der Waals surface area contributed by atoms with Crippen molar-refractivity contribution in [2.75, 3.05) is 12.4 Å². The van der Waals surface area contributed by atoms with Crippen LogP contribution >= 0.6 is 11.8 Å². The van der Waals surface area contributed by atoms with Gasteiger partial charge in [-0.05, 0) is 0 Å². The lowest BCUT2D eigenvalue weighted by molar-refractivity contribution is -0.147. The number of imide groups is 1. The predicted octanol–water partition coefficient (Wildman–Crippen LogP) is 0.334. The lowest BCUT2D eigenvalue weighted by atomic mass is 10.1. The molecule has 0 aromatic rings. The number of aliphatic carboxylic acids is 1. The predicted molar refractivity (Wildman–Crippen MR) is 61.9 cm³/mol. The van der Waals surface area contributed by atoms with E-state index in [1.807, 2.05) is 0 Å². The lowest BCUT2D eigenvalue weighted by Gasteiger charge is -2.19. The quantitative estimate of drug-likeness (QED) is 0.789. The minimum atomic E-state index is -1.29. The molecule has 0 aliphatic carbocycles. The number of carboxylic acid groups (broad SMARTS) is 1. The molecule has 1 heterocycles. The third kappa shape index (κ3) is 3.22. The monoisotopic (exact) mass is 275 g/mol. The minimum Gasteiger partial charge on any atom is -0.480 e. The normalized spacial score (nSPS) is 20.4. The van der Waals surface area contributed by atoms with Crippen LogP contribution in [-0.4, -0.2) is 51.5 Å². The highest BCUT2D eigenvalue weighted by Gasteiger charge is 2.43. The molecule has 18 heavy (non-hydrogen) atoms. The molecule has 0 aromatic heterocycles. The Labute approximate surface area is 107 Å². The second-order valence-corrected chi connectivity index (χ2v) is 5.04. The summed E-state index contributed by atoms with van der Waals surface area (Å²) in [6.07, 6.45) is -0.952. The number of ether oxygens (including phenoxy) is 1. The summed E-state index contributed by atoms with van der Waals surface area (Å²) in [4.78, 5) is 45.5. The Bertz CT molecular complexity index is 396. The molecule has 0 radical (unpaired) electrons. The van der Waals surface area contributed by atoms with Gasteiger partial charge < -0.3 is 9.84 Å². The zero-order valence-corrected chi connectivity index (χ0v) is 10.7. The van der Waals surface area contributed by atoms with Gasteiger partial charge in [0.2, 0.25) is 5.91 Å². The van der Waals surface area contributed by atoms with Gasteiger partial charge in [0.15, 0.2) is 11.2 Å². The largest absolute Gasteiger partial charge is 0.480 e. The summed E-state index contributed by atoms with van der Waals surface area (Å²) in [5.74, 6) is -2.37. The molecule has 1 aliphatic rings. The average Bonchev–Trinajstić information content (AvgIpc) is 2.67. The fourth-order valence-corrected chi connectivity index (χ4v) is 2.03. The molecule has 8 heteroatoms. The summed E-state index contributed by atoms with van der Waals surface area (Å²) in [5, 5.41) is 8.72. The standard InChI is InChI=1S/C10H13NO6S/c1-5(4-18-6(2)12)8(13)11-7(9(14)15)3-17-10(11)16/h5,7H,3-4H2,1-2H3,(H,14,15)/t5-,7+/m1/s1. The van der Waals surface area contributed by atoms with E-state index in [2.05, 4.69) is 4.74 Å². The molecule has 0 saturated carbocycles. The van der Waals surface area contributed by atoms with Gasteiger partial charge >= 0.3 is 12.1 Å². The second-order valence-electron chi connectivity index (χ2n) is 3.84. The molecule has 1 fully saturated rings. The van der Waals surface area contributed by atoms with Crippen molar-refractivity contribution in [3.05, 3.63) is 0 Å². The van der Waals surface area contributed by atoms with Gasteiger partial charge in [-0.3, -0.25) is 9.59 Å². The number of hydrogen-bond acceptors (Lipinski definition) is 6. The number of carboxylic acids is 1. The van der Waals surface area contributed by atoms with Crippen molar-refractivity contribution in [1.82, 2.24) is 4.90 Å². The first-order valence-electron chi connectivity index (χ1n) is 5.20. The van der Waals surface area contributed by atoms with E-state index >= 15 is 0 Å². The van der Waals surface area contributed by atoms with Gasteiger partial charge in [-0.1, -0.05) is 18.7 Å². The van der Waals surface area contributed by atoms with Crippen LogP contribution in [0.1, 0.15) is 13.8 Å². The third-order valence-electron chi connectivity index (χ3n) is 2.35. The van der Waals surface area contributed by atoms with Gasteiger partial charge in [-0.25, -0.2) is 14.5 Å². The maximum atomic E-state index is 11.9. The topological polar surface area (TPSA) is 101 Å². The molecule has 0 bridgehead atoms. The van der Waals surface area contributed by atoms with Crippen molar-refractivity contribution >= 4 is 34.8 Å². The van der Waals surface area contributed by atoms with Crippen molar-refractivity contribution in [1.29, 1.82) is 0 Å². The van der Waals surface area contributed by atoms with E-state index in [1.54, 1.807) is 0 Å². The van der Waals surface area contributed by atoms with Crippen LogP contribution in [0.15, 0.2) is 0 Å². The van der Waals surface area contributed by atoms with Crippen molar-refractivity contribution in [2.45, 2.75) is 19.9 Å². The molecule has 1 saturated heterocycles. The van der Waals surface area contributed by atoms with Crippen molar-refractivity contribution in [2.24, 2.45) is 5.92 Å². The number of nitrogens with zero attached hydrogens (tertiary/aromatic N) is 1. The van der Waals surface area contributed by atoms with Crippen LogP contribution in [0.3, 0.4) is 0 Å². The van der Waals surface area contributed by atoms with Crippen LogP contribution in [0.4, 0.5) is 4.79 Å². The molecule has 0 spiro atoms. The SMILES string of the molecule is CC(=O)SC[C@@H](C)C(=O)N1C(=O)OC[C@H]1C(=O)O. The van der Waals surface area contributed by atoms with Crippen LogP contribution in [0, 0.1) is 5.92 Å². The summed E-state index contributed by atoms with van der Waals surface area (Å²) in [6, 6.07) is -1.28. The van der Waals surface area contributed by atoms with E-state index in [0.29, 0.717) is 4.90 Å². The van der Waals surface area contributed by atoms with Crippen LogP contribution in [0.25, 0.3) is 0 Å². The minimum absolute atomic E-state index is 0.145. The number of rotatable bonds is 4. The van der Waals surface area contributed by atoms with Crippen LogP contribution < -0.4 is 0 Å². The smallest absolute Gasteiger partial charge is 0.417 e. The summed E-state index contributed by atoms with van der Waals surface area (Å²) >= 11 is 0.951. The Kier molecular flexibility index (Phi) is 4.71. The highest BCUT2D eigenvalue weighted by atomic mass is 32.2. The molecule has 1 N–H and O–H groups in total. The third-order valence-corrected chi connectivity index (χ3v) is 3.43. The molecule has 2 amide bonds. The van der Waals surface area contributed by atoms with E-state index in [-0.39, 0.29) is 17.5 Å². The van der Waals surface area contributed by atoms with Gasteiger partial charge in [-0.2, -0.15) is 0 Å². The van der Waals surface area contributed by atoms with Crippen LogP contribution in [0.5, 0.6) is 0 Å². The van der Waals surface area contributed by atoms with Gasteiger partial charge in [-0.15, -0.1) is 0 Å².